The molecule has 0 aliphatic carbocycles. The molecule has 0 bridgehead atoms. The second kappa shape index (κ2) is 6.94. The van der Waals surface area contributed by atoms with Crippen molar-refractivity contribution in [1.29, 1.82) is 0 Å². The molecule has 0 fully saturated rings. The van der Waals surface area contributed by atoms with E-state index in [1.54, 1.807) is 0 Å². The summed E-state index contributed by atoms with van der Waals surface area (Å²) >= 11 is 5.74. The van der Waals surface area contributed by atoms with Gasteiger partial charge >= 0.3 is 0 Å². The number of halogens is 1. The standard InChI is InChI=1S/C13H22ClN3/c1-10(2)12(15)6-7-17(3)9-11-4-5-13(14)16-8-11/h4-5,8,10,12H,6-7,9,15H2,1-3H3. The quantitative estimate of drug-likeness (QED) is 0.795. The Labute approximate surface area is 109 Å². The zero-order chi connectivity index (χ0) is 12.8. The van der Waals surface area contributed by atoms with Crippen molar-refractivity contribution in [3.05, 3.63) is 29.0 Å². The highest BCUT2D eigenvalue weighted by Crippen LogP contribution is 2.09. The van der Waals surface area contributed by atoms with Crippen LogP contribution in [0, 0.1) is 5.92 Å². The van der Waals surface area contributed by atoms with Crippen LogP contribution in [-0.2, 0) is 6.54 Å². The Morgan fingerprint density at radius 3 is 2.65 bits per heavy atom. The van der Waals surface area contributed by atoms with Crippen LogP contribution in [0.15, 0.2) is 18.3 Å². The van der Waals surface area contributed by atoms with Crippen molar-refractivity contribution in [1.82, 2.24) is 9.88 Å². The summed E-state index contributed by atoms with van der Waals surface area (Å²) in [6.45, 7) is 6.21. The Kier molecular flexibility index (Phi) is 5.89. The second-order valence-electron chi connectivity index (χ2n) is 4.92. The van der Waals surface area contributed by atoms with Gasteiger partial charge in [-0.2, -0.15) is 0 Å². The number of pyridine rings is 1. The van der Waals surface area contributed by atoms with Gasteiger partial charge in [-0.05, 0) is 37.6 Å². The molecule has 2 N–H and O–H groups in total. The van der Waals surface area contributed by atoms with E-state index in [9.17, 15) is 0 Å². The van der Waals surface area contributed by atoms with E-state index < -0.39 is 0 Å². The molecule has 17 heavy (non-hydrogen) atoms. The maximum Gasteiger partial charge on any atom is 0.129 e. The third-order valence-electron chi connectivity index (χ3n) is 2.94. The van der Waals surface area contributed by atoms with Crippen molar-refractivity contribution in [3.8, 4) is 0 Å². The van der Waals surface area contributed by atoms with Gasteiger partial charge in [-0.3, -0.25) is 0 Å². The molecule has 1 unspecified atom stereocenters. The summed E-state index contributed by atoms with van der Waals surface area (Å²) in [5, 5.41) is 0.540. The molecule has 4 heteroatoms. The molecule has 1 atom stereocenters. The molecule has 0 amide bonds. The molecular formula is C13H22ClN3. The predicted molar refractivity (Wildman–Crippen MR) is 73.0 cm³/mol. The first-order valence-corrected chi connectivity index (χ1v) is 6.41. The zero-order valence-electron chi connectivity index (χ0n) is 10.9. The molecule has 0 aliphatic heterocycles. The zero-order valence-corrected chi connectivity index (χ0v) is 11.6. The Bertz CT molecular complexity index is 324. The van der Waals surface area contributed by atoms with E-state index in [1.165, 1.54) is 5.56 Å². The number of aromatic nitrogens is 1. The van der Waals surface area contributed by atoms with Gasteiger partial charge in [0.25, 0.3) is 0 Å². The van der Waals surface area contributed by atoms with E-state index in [0.717, 1.165) is 19.5 Å². The number of rotatable bonds is 6. The third kappa shape index (κ3) is 5.48. The third-order valence-corrected chi connectivity index (χ3v) is 3.17. The first-order valence-electron chi connectivity index (χ1n) is 6.03. The van der Waals surface area contributed by atoms with Crippen molar-refractivity contribution >= 4 is 11.6 Å². The first kappa shape index (κ1) is 14.4. The van der Waals surface area contributed by atoms with Crippen molar-refractivity contribution in [2.75, 3.05) is 13.6 Å². The van der Waals surface area contributed by atoms with Gasteiger partial charge in [-0.25, -0.2) is 4.98 Å². The van der Waals surface area contributed by atoms with Gasteiger partial charge in [-0.15, -0.1) is 0 Å². The normalized spacial score (nSPS) is 13.4. The first-order chi connectivity index (χ1) is 7.99. The lowest BCUT2D eigenvalue weighted by molar-refractivity contribution is 0.296. The lowest BCUT2D eigenvalue weighted by Gasteiger charge is -2.21. The maximum absolute atomic E-state index is 6.02. The molecule has 1 aromatic rings. The monoisotopic (exact) mass is 255 g/mol. The molecule has 0 saturated heterocycles. The maximum atomic E-state index is 6.02. The second-order valence-corrected chi connectivity index (χ2v) is 5.31. The summed E-state index contributed by atoms with van der Waals surface area (Å²) in [5.74, 6) is 0.542. The Morgan fingerprint density at radius 1 is 1.41 bits per heavy atom. The van der Waals surface area contributed by atoms with E-state index in [2.05, 4.69) is 30.8 Å². The van der Waals surface area contributed by atoms with Gasteiger partial charge in [0.1, 0.15) is 5.15 Å². The molecule has 0 aliphatic rings. The summed E-state index contributed by atoms with van der Waals surface area (Å²) in [5.41, 5.74) is 7.20. The van der Waals surface area contributed by atoms with Crippen molar-refractivity contribution in [3.63, 3.8) is 0 Å². The van der Waals surface area contributed by atoms with Crippen LogP contribution in [0.3, 0.4) is 0 Å². The van der Waals surface area contributed by atoms with Crippen LogP contribution in [0.2, 0.25) is 5.15 Å². The average Bonchev–Trinajstić information content (AvgIpc) is 2.29. The molecule has 1 heterocycles. The minimum absolute atomic E-state index is 0.279. The summed E-state index contributed by atoms with van der Waals surface area (Å²) in [6, 6.07) is 4.11. The van der Waals surface area contributed by atoms with Gasteiger partial charge in [0.05, 0.1) is 0 Å². The number of hydrogen-bond acceptors (Lipinski definition) is 3. The van der Waals surface area contributed by atoms with Gasteiger partial charge in [0, 0.05) is 18.8 Å². The molecular weight excluding hydrogens is 234 g/mol. The van der Waals surface area contributed by atoms with Crippen LogP contribution < -0.4 is 5.73 Å². The van der Waals surface area contributed by atoms with Gasteiger partial charge < -0.3 is 10.6 Å². The van der Waals surface area contributed by atoms with E-state index in [1.807, 2.05) is 18.3 Å². The van der Waals surface area contributed by atoms with Crippen LogP contribution in [0.4, 0.5) is 0 Å². The SMILES string of the molecule is CC(C)C(N)CCN(C)Cc1ccc(Cl)nc1. The molecule has 0 aromatic carbocycles. The lowest BCUT2D eigenvalue weighted by atomic mass is 10.0. The Balaban J connectivity index is 2.34. The van der Waals surface area contributed by atoms with Gasteiger partial charge in [-0.1, -0.05) is 31.5 Å². The molecule has 3 nitrogen and oxygen atoms in total. The van der Waals surface area contributed by atoms with Crippen molar-refractivity contribution in [2.24, 2.45) is 11.7 Å². The van der Waals surface area contributed by atoms with Crippen LogP contribution in [0.25, 0.3) is 0 Å². The number of hydrogen-bond donors (Lipinski definition) is 1. The highest BCUT2D eigenvalue weighted by molar-refractivity contribution is 6.29. The van der Waals surface area contributed by atoms with Crippen LogP contribution in [-0.4, -0.2) is 29.5 Å². The summed E-state index contributed by atoms with van der Waals surface area (Å²) < 4.78 is 0. The largest absolute Gasteiger partial charge is 0.327 e. The summed E-state index contributed by atoms with van der Waals surface area (Å²) in [4.78, 5) is 6.33. The molecule has 0 saturated carbocycles. The Morgan fingerprint density at radius 2 is 2.12 bits per heavy atom. The minimum atomic E-state index is 0.279. The van der Waals surface area contributed by atoms with Crippen LogP contribution in [0.1, 0.15) is 25.8 Å². The summed E-state index contributed by atoms with van der Waals surface area (Å²) in [7, 11) is 2.10. The minimum Gasteiger partial charge on any atom is -0.327 e. The van der Waals surface area contributed by atoms with E-state index in [0.29, 0.717) is 11.1 Å². The molecule has 1 aromatic heterocycles. The number of nitrogens with two attached hydrogens (primary N) is 1. The van der Waals surface area contributed by atoms with Gasteiger partial charge in [0.15, 0.2) is 0 Å². The van der Waals surface area contributed by atoms with Crippen molar-refractivity contribution < 1.29 is 0 Å². The Hall–Kier alpha value is -0.640. The fourth-order valence-corrected chi connectivity index (χ4v) is 1.71. The van der Waals surface area contributed by atoms with Crippen LogP contribution in [0.5, 0.6) is 0 Å². The highest BCUT2D eigenvalue weighted by Gasteiger charge is 2.09. The average molecular weight is 256 g/mol. The van der Waals surface area contributed by atoms with Gasteiger partial charge in [0.2, 0.25) is 0 Å². The predicted octanol–water partition coefficient (Wildman–Crippen LogP) is 2.54. The lowest BCUT2D eigenvalue weighted by Crippen LogP contribution is -2.31. The van der Waals surface area contributed by atoms with Crippen LogP contribution >= 0.6 is 11.6 Å². The topological polar surface area (TPSA) is 42.1 Å². The van der Waals surface area contributed by atoms with E-state index >= 15 is 0 Å². The fourth-order valence-electron chi connectivity index (χ4n) is 1.59. The summed E-state index contributed by atoms with van der Waals surface area (Å²) in [6.07, 6.45) is 2.84. The molecule has 96 valence electrons. The number of nitrogens with zero attached hydrogens (tertiary/aromatic N) is 2. The highest BCUT2D eigenvalue weighted by atomic mass is 35.5. The molecule has 0 radical (unpaired) electrons. The van der Waals surface area contributed by atoms with E-state index in [4.69, 9.17) is 17.3 Å². The molecule has 0 spiro atoms. The fraction of sp³-hybridized carbons (Fsp3) is 0.615. The molecule has 1 rings (SSSR count). The smallest absolute Gasteiger partial charge is 0.129 e. The van der Waals surface area contributed by atoms with Crippen molar-refractivity contribution in [2.45, 2.75) is 32.9 Å². The van der Waals surface area contributed by atoms with E-state index in [-0.39, 0.29) is 6.04 Å².